The maximum absolute atomic E-state index is 2.35. The van der Waals surface area contributed by atoms with Crippen LogP contribution in [0.25, 0.3) is 0 Å². The van der Waals surface area contributed by atoms with Crippen LogP contribution in [0.2, 0.25) is 0 Å². The SMILES string of the molecule is C.C[CH-]C(CC)N(C)CC.[Ho]. The standard InChI is InChI=1S/C8H18N.CH4.Ho/c1-5-8(6-2)9(4)7-3;;/h5,8H,6-7H2,1-4H3;1H4;/q-1;;. The molecule has 0 aromatic rings. The fraction of sp³-hybridized carbons (Fsp3) is 0.889. The molecule has 0 fully saturated rings. The van der Waals surface area contributed by atoms with Crippen LogP contribution >= 0.6 is 0 Å². The third kappa shape index (κ3) is 7.58. The van der Waals surface area contributed by atoms with E-state index in [1.807, 2.05) is 0 Å². The van der Waals surface area contributed by atoms with Crippen molar-refractivity contribution in [1.82, 2.24) is 4.90 Å². The fourth-order valence-electron chi connectivity index (χ4n) is 1.04. The Morgan fingerprint density at radius 3 is 1.91 bits per heavy atom. The van der Waals surface area contributed by atoms with Crippen LogP contribution in [0.5, 0.6) is 0 Å². The van der Waals surface area contributed by atoms with Crippen molar-refractivity contribution in [2.24, 2.45) is 0 Å². The summed E-state index contributed by atoms with van der Waals surface area (Å²) in [4.78, 5) is 2.35. The zero-order valence-corrected chi connectivity index (χ0v) is 9.25. The van der Waals surface area contributed by atoms with E-state index in [0.29, 0.717) is 6.04 Å². The normalized spacial score (nSPS) is 11.7. The molecule has 0 saturated carbocycles. The van der Waals surface area contributed by atoms with Crippen molar-refractivity contribution in [2.45, 2.75) is 40.7 Å². The van der Waals surface area contributed by atoms with Crippen molar-refractivity contribution in [3.05, 3.63) is 6.42 Å². The number of nitrogens with zero attached hydrogens (tertiary/aromatic N) is 1. The number of hydrogen-bond acceptors (Lipinski definition) is 1. The minimum Gasteiger partial charge on any atom is -0.333 e. The predicted octanol–water partition coefficient (Wildman–Crippen LogP) is 2.58. The van der Waals surface area contributed by atoms with E-state index in [0.717, 1.165) is 6.54 Å². The van der Waals surface area contributed by atoms with Crippen molar-refractivity contribution >= 4 is 0 Å². The summed E-state index contributed by atoms with van der Waals surface area (Å²) in [5.74, 6) is 0. The van der Waals surface area contributed by atoms with Gasteiger partial charge >= 0.3 is 0 Å². The van der Waals surface area contributed by atoms with Gasteiger partial charge in [-0.05, 0) is 13.6 Å². The van der Waals surface area contributed by atoms with Crippen molar-refractivity contribution in [1.29, 1.82) is 0 Å². The Morgan fingerprint density at radius 1 is 1.36 bits per heavy atom. The molecule has 0 aliphatic heterocycles. The minimum absolute atomic E-state index is 0. The van der Waals surface area contributed by atoms with Crippen LogP contribution in [-0.4, -0.2) is 24.5 Å². The summed E-state index contributed by atoms with van der Waals surface area (Å²) in [7, 11) is 2.16. The molecule has 75 valence electrons. The molecular weight excluding hydrogens is 287 g/mol. The summed E-state index contributed by atoms with van der Waals surface area (Å²) in [6.45, 7) is 7.67. The molecule has 0 aliphatic rings. The smallest absolute Gasteiger partial charge is 0 e. The van der Waals surface area contributed by atoms with E-state index in [9.17, 15) is 0 Å². The molecule has 0 N–H and O–H groups in total. The Hall–Kier alpha value is 1.22. The van der Waals surface area contributed by atoms with Gasteiger partial charge in [0.25, 0.3) is 0 Å². The van der Waals surface area contributed by atoms with E-state index in [1.165, 1.54) is 6.42 Å². The molecule has 0 heterocycles. The molecule has 0 amide bonds. The molecule has 0 bridgehead atoms. The summed E-state index contributed by atoms with van der Waals surface area (Å²) in [6, 6.07) is 0.676. The largest absolute Gasteiger partial charge is 0.333 e. The van der Waals surface area contributed by atoms with Gasteiger partial charge in [-0.25, -0.2) is 0 Å². The van der Waals surface area contributed by atoms with Crippen LogP contribution in [0.15, 0.2) is 0 Å². The number of rotatable bonds is 4. The summed E-state index contributed by atoms with van der Waals surface area (Å²) >= 11 is 0. The van der Waals surface area contributed by atoms with Crippen LogP contribution in [-0.2, 0) is 0 Å². The Bertz CT molecular complexity index is 62.6. The average Bonchev–Trinajstić information content (AvgIpc) is 1.90. The molecule has 0 aliphatic carbocycles. The second-order valence-corrected chi connectivity index (χ2v) is 2.38. The first kappa shape index (κ1) is 18.1. The van der Waals surface area contributed by atoms with Gasteiger partial charge in [-0.3, -0.25) is 0 Å². The van der Waals surface area contributed by atoms with E-state index in [4.69, 9.17) is 0 Å². The van der Waals surface area contributed by atoms with Crippen molar-refractivity contribution in [2.75, 3.05) is 13.6 Å². The Labute approximate surface area is 103 Å². The first-order valence-electron chi connectivity index (χ1n) is 3.75. The number of hydrogen-bond donors (Lipinski definition) is 0. The fourth-order valence-corrected chi connectivity index (χ4v) is 1.04. The Morgan fingerprint density at radius 2 is 1.82 bits per heavy atom. The quantitative estimate of drug-likeness (QED) is 0.570. The minimum atomic E-state index is 0. The topological polar surface area (TPSA) is 3.24 Å². The maximum atomic E-state index is 2.35. The third-order valence-electron chi connectivity index (χ3n) is 1.87. The predicted molar refractivity (Wildman–Crippen MR) is 49.1 cm³/mol. The van der Waals surface area contributed by atoms with Crippen molar-refractivity contribution < 1.29 is 37.7 Å². The van der Waals surface area contributed by atoms with Gasteiger partial charge in [-0.2, -0.15) is 6.92 Å². The monoisotopic (exact) mass is 309 g/mol. The summed E-state index contributed by atoms with van der Waals surface area (Å²) in [5, 5.41) is 0. The third-order valence-corrected chi connectivity index (χ3v) is 1.87. The van der Waals surface area contributed by atoms with Crippen LogP contribution in [0, 0.1) is 44.2 Å². The van der Waals surface area contributed by atoms with Gasteiger partial charge in [0.05, 0.1) is 0 Å². The van der Waals surface area contributed by atoms with Crippen LogP contribution in [0.4, 0.5) is 0 Å². The van der Waals surface area contributed by atoms with Crippen LogP contribution in [0.3, 0.4) is 0 Å². The van der Waals surface area contributed by atoms with E-state index < -0.39 is 0 Å². The molecule has 0 rings (SSSR count). The van der Waals surface area contributed by atoms with Gasteiger partial charge in [-0.15, -0.1) is 6.04 Å². The van der Waals surface area contributed by atoms with Gasteiger partial charge < -0.3 is 11.3 Å². The molecule has 1 unspecified atom stereocenters. The Kier molecular flexibility index (Phi) is 18.5. The van der Waals surface area contributed by atoms with E-state index in [2.05, 4.69) is 39.1 Å². The molecule has 1 radical (unpaired) electrons. The molecule has 0 aromatic heterocycles. The van der Waals surface area contributed by atoms with Gasteiger partial charge in [0.2, 0.25) is 0 Å². The average molecular weight is 309 g/mol. The second-order valence-electron chi connectivity index (χ2n) is 2.38. The van der Waals surface area contributed by atoms with Crippen LogP contribution < -0.4 is 0 Å². The van der Waals surface area contributed by atoms with Gasteiger partial charge in [-0.1, -0.05) is 27.7 Å². The van der Waals surface area contributed by atoms with Crippen molar-refractivity contribution in [3.63, 3.8) is 0 Å². The summed E-state index contributed by atoms with van der Waals surface area (Å²) in [6.07, 6.45) is 3.48. The van der Waals surface area contributed by atoms with E-state index in [1.54, 1.807) is 0 Å². The maximum Gasteiger partial charge on any atom is 0 e. The van der Waals surface area contributed by atoms with Crippen molar-refractivity contribution in [3.8, 4) is 0 Å². The van der Waals surface area contributed by atoms with Gasteiger partial charge in [0.1, 0.15) is 0 Å². The van der Waals surface area contributed by atoms with E-state index >= 15 is 0 Å². The molecule has 0 aromatic carbocycles. The molecular formula is C9H22HoN-. The summed E-state index contributed by atoms with van der Waals surface area (Å²) in [5.41, 5.74) is 0. The molecule has 2 heteroatoms. The Balaban J connectivity index is -0.000000320. The first-order valence-corrected chi connectivity index (χ1v) is 3.75. The second kappa shape index (κ2) is 11.2. The van der Waals surface area contributed by atoms with E-state index in [-0.39, 0.29) is 45.2 Å². The first-order chi connectivity index (χ1) is 4.26. The molecule has 1 atom stereocenters. The molecule has 11 heavy (non-hydrogen) atoms. The van der Waals surface area contributed by atoms with Gasteiger partial charge in [0, 0.05) is 37.7 Å². The van der Waals surface area contributed by atoms with Crippen LogP contribution in [0.1, 0.15) is 34.6 Å². The molecule has 0 saturated heterocycles. The zero-order valence-electron chi connectivity index (χ0n) is 7.32. The summed E-state index contributed by atoms with van der Waals surface area (Å²) < 4.78 is 0. The van der Waals surface area contributed by atoms with Gasteiger partial charge in [0.15, 0.2) is 0 Å². The molecule has 0 spiro atoms. The molecule has 1 nitrogen and oxygen atoms in total. The zero-order chi connectivity index (χ0) is 7.28.